The quantitative estimate of drug-likeness (QED) is 0.754. The first-order valence-corrected chi connectivity index (χ1v) is 6.52. The summed E-state index contributed by atoms with van der Waals surface area (Å²) in [6.07, 6.45) is 5.16. The van der Waals surface area contributed by atoms with E-state index in [1.54, 1.807) is 24.6 Å². The van der Waals surface area contributed by atoms with Crippen molar-refractivity contribution in [3.63, 3.8) is 0 Å². The number of nitrogens with zero attached hydrogens (tertiary/aromatic N) is 1. The molecule has 0 unspecified atom stereocenters. The summed E-state index contributed by atoms with van der Waals surface area (Å²) in [4.78, 5) is 16.4. The molecule has 3 heterocycles. The number of aromatic amines is 2. The zero-order chi connectivity index (χ0) is 14.2. The summed E-state index contributed by atoms with van der Waals surface area (Å²) in [5.41, 5.74) is 3.81. The van der Waals surface area contributed by atoms with Crippen LogP contribution in [0.1, 0.15) is 11.1 Å². The minimum absolute atomic E-state index is 0.188. The second kappa shape index (κ2) is 4.49. The van der Waals surface area contributed by atoms with Crippen molar-refractivity contribution in [2.75, 3.05) is 0 Å². The fourth-order valence-corrected chi connectivity index (χ4v) is 2.43. The molecule has 5 nitrogen and oxygen atoms in total. The lowest BCUT2D eigenvalue weighted by Gasteiger charge is -1.99. The highest BCUT2D eigenvalue weighted by Crippen LogP contribution is 2.32. The minimum atomic E-state index is -0.188. The van der Waals surface area contributed by atoms with E-state index >= 15 is 0 Å². The Labute approximate surface area is 119 Å². The zero-order valence-corrected chi connectivity index (χ0v) is 11.0. The van der Waals surface area contributed by atoms with Gasteiger partial charge in [-0.2, -0.15) is 0 Å². The molecular weight excluding hydrogens is 266 g/mol. The summed E-state index contributed by atoms with van der Waals surface area (Å²) in [6, 6.07) is 11.4. The summed E-state index contributed by atoms with van der Waals surface area (Å²) >= 11 is 0. The van der Waals surface area contributed by atoms with Gasteiger partial charge in [-0.05, 0) is 24.3 Å². The topological polar surface area (TPSA) is 74.2 Å². The molecule has 1 aliphatic heterocycles. The number of aromatic nitrogens is 2. The fraction of sp³-hybridized carbons (Fsp3) is 0. The van der Waals surface area contributed by atoms with E-state index in [1.165, 1.54) is 0 Å². The maximum atomic E-state index is 12.0. The maximum Gasteiger partial charge on any atom is 0.271 e. The molecule has 0 saturated carbocycles. The first-order valence-electron chi connectivity index (χ1n) is 6.52. The first kappa shape index (κ1) is 11.7. The third-order valence-electron chi connectivity index (χ3n) is 3.44. The van der Waals surface area contributed by atoms with Gasteiger partial charge in [0.15, 0.2) is 5.76 Å². The van der Waals surface area contributed by atoms with Crippen LogP contribution >= 0.6 is 0 Å². The Morgan fingerprint density at radius 2 is 2.00 bits per heavy atom. The van der Waals surface area contributed by atoms with E-state index in [2.05, 4.69) is 15.2 Å². The molecule has 3 aromatic rings. The van der Waals surface area contributed by atoms with Gasteiger partial charge in [0.05, 0.1) is 17.5 Å². The number of benzene rings is 1. The molecule has 0 fully saturated rings. The summed E-state index contributed by atoms with van der Waals surface area (Å²) in [6.45, 7) is 0. The minimum Gasteiger partial charge on any atom is -0.463 e. The number of allylic oxidation sites excluding steroid dienone is 1. The van der Waals surface area contributed by atoms with Crippen molar-refractivity contribution in [3.8, 4) is 11.5 Å². The molecule has 0 amide bonds. The van der Waals surface area contributed by atoms with Crippen LogP contribution in [0.25, 0.3) is 23.1 Å². The van der Waals surface area contributed by atoms with Gasteiger partial charge < -0.3 is 4.42 Å². The Kier molecular flexibility index (Phi) is 2.50. The largest absolute Gasteiger partial charge is 0.463 e. The predicted molar refractivity (Wildman–Crippen MR) is 81.6 cm³/mol. The van der Waals surface area contributed by atoms with Crippen LogP contribution in [0.3, 0.4) is 0 Å². The lowest BCUT2D eigenvalue weighted by atomic mass is 10.0. The van der Waals surface area contributed by atoms with E-state index in [1.807, 2.05) is 30.3 Å². The lowest BCUT2D eigenvalue weighted by molar-refractivity contribution is 0.579. The van der Waals surface area contributed by atoms with Crippen LogP contribution in [-0.4, -0.2) is 16.4 Å². The Balaban J connectivity index is 1.87. The van der Waals surface area contributed by atoms with Crippen molar-refractivity contribution in [1.29, 1.82) is 0 Å². The number of aliphatic imine (C=N–C) groups is 1. The summed E-state index contributed by atoms with van der Waals surface area (Å²) < 4.78 is 5.35. The van der Waals surface area contributed by atoms with E-state index < -0.39 is 0 Å². The van der Waals surface area contributed by atoms with Crippen LogP contribution in [0.4, 0.5) is 5.69 Å². The highest BCUT2D eigenvalue weighted by atomic mass is 16.3. The van der Waals surface area contributed by atoms with Gasteiger partial charge in [-0.1, -0.05) is 18.2 Å². The van der Waals surface area contributed by atoms with Gasteiger partial charge in [0, 0.05) is 17.4 Å². The molecule has 1 aliphatic rings. The molecule has 0 spiro atoms. The van der Waals surface area contributed by atoms with Gasteiger partial charge in [0.1, 0.15) is 5.69 Å². The van der Waals surface area contributed by atoms with E-state index in [-0.39, 0.29) is 5.56 Å². The molecule has 4 rings (SSSR count). The number of fused-ring (bicyclic) bond motifs is 1. The molecule has 102 valence electrons. The standard InChI is InChI=1S/C16H11N3O2/c20-16-12(15(18-19-16)14-6-3-7-21-14)8-10-9-17-13-5-2-1-4-11(10)13/h1-9H,(H2,18,19,20). The van der Waals surface area contributed by atoms with Crippen LogP contribution < -0.4 is 5.56 Å². The molecule has 0 bridgehead atoms. The molecule has 21 heavy (non-hydrogen) atoms. The molecular formula is C16H11N3O2. The molecule has 0 saturated heterocycles. The van der Waals surface area contributed by atoms with Crippen molar-refractivity contribution >= 4 is 23.6 Å². The van der Waals surface area contributed by atoms with Crippen molar-refractivity contribution in [3.05, 3.63) is 64.1 Å². The number of hydrogen-bond acceptors (Lipinski definition) is 3. The van der Waals surface area contributed by atoms with E-state index in [0.717, 1.165) is 16.8 Å². The third-order valence-corrected chi connectivity index (χ3v) is 3.44. The summed E-state index contributed by atoms with van der Waals surface area (Å²) in [5, 5.41) is 5.45. The van der Waals surface area contributed by atoms with E-state index in [0.29, 0.717) is 17.0 Å². The van der Waals surface area contributed by atoms with Gasteiger partial charge in [-0.25, -0.2) is 0 Å². The second-order valence-corrected chi connectivity index (χ2v) is 4.72. The Bertz CT molecular complexity index is 911. The number of H-pyrrole nitrogens is 2. The molecule has 2 N–H and O–H groups in total. The molecule has 0 atom stereocenters. The second-order valence-electron chi connectivity index (χ2n) is 4.72. The number of hydrogen-bond donors (Lipinski definition) is 2. The van der Waals surface area contributed by atoms with Crippen molar-refractivity contribution in [2.24, 2.45) is 4.99 Å². The van der Waals surface area contributed by atoms with Gasteiger partial charge in [-0.3, -0.25) is 20.0 Å². The van der Waals surface area contributed by atoms with Crippen LogP contribution in [0, 0.1) is 0 Å². The van der Waals surface area contributed by atoms with E-state index in [9.17, 15) is 4.79 Å². The van der Waals surface area contributed by atoms with Crippen molar-refractivity contribution in [1.82, 2.24) is 10.2 Å². The Hall–Kier alpha value is -3.08. The highest BCUT2D eigenvalue weighted by Gasteiger charge is 2.16. The molecule has 5 heteroatoms. The van der Waals surface area contributed by atoms with Crippen molar-refractivity contribution in [2.45, 2.75) is 0 Å². The number of nitrogens with one attached hydrogen (secondary N) is 2. The molecule has 0 radical (unpaired) electrons. The fourth-order valence-electron chi connectivity index (χ4n) is 2.43. The van der Waals surface area contributed by atoms with Crippen LogP contribution in [-0.2, 0) is 0 Å². The average Bonchev–Trinajstić information content (AvgIpc) is 3.21. The maximum absolute atomic E-state index is 12.0. The number of furan rings is 1. The van der Waals surface area contributed by atoms with Gasteiger partial charge in [0.25, 0.3) is 5.56 Å². The Morgan fingerprint density at radius 3 is 2.86 bits per heavy atom. The Morgan fingerprint density at radius 1 is 1.10 bits per heavy atom. The molecule has 2 aromatic heterocycles. The number of rotatable bonds is 2. The summed E-state index contributed by atoms with van der Waals surface area (Å²) in [5.74, 6) is 0.614. The van der Waals surface area contributed by atoms with Crippen LogP contribution in [0.5, 0.6) is 0 Å². The zero-order valence-electron chi connectivity index (χ0n) is 11.0. The monoisotopic (exact) mass is 277 g/mol. The normalized spacial score (nSPS) is 14.8. The smallest absolute Gasteiger partial charge is 0.271 e. The summed E-state index contributed by atoms with van der Waals surface area (Å²) in [7, 11) is 0. The molecule has 0 aliphatic carbocycles. The van der Waals surface area contributed by atoms with Gasteiger partial charge in [-0.15, -0.1) is 0 Å². The van der Waals surface area contributed by atoms with Gasteiger partial charge in [0.2, 0.25) is 0 Å². The van der Waals surface area contributed by atoms with Crippen LogP contribution in [0.15, 0.2) is 56.9 Å². The average molecular weight is 277 g/mol. The number of para-hydroxylation sites is 1. The van der Waals surface area contributed by atoms with E-state index in [4.69, 9.17) is 4.42 Å². The van der Waals surface area contributed by atoms with Crippen molar-refractivity contribution < 1.29 is 4.42 Å². The van der Waals surface area contributed by atoms with Crippen LogP contribution in [0.2, 0.25) is 0 Å². The highest BCUT2D eigenvalue weighted by molar-refractivity contribution is 6.21. The lowest BCUT2D eigenvalue weighted by Crippen LogP contribution is -2.02. The SMILES string of the molecule is O=c1[nH][nH]c(-c2ccco2)c1C=C1C=Nc2ccccc21. The predicted octanol–water partition coefficient (Wildman–Crippen LogP) is 3.22. The third kappa shape index (κ3) is 1.87. The van der Waals surface area contributed by atoms with Gasteiger partial charge >= 0.3 is 0 Å². The first-order chi connectivity index (χ1) is 10.3. The molecule has 1 aromatic carbocycles.